The minimum absolute atomic E-state index is 0.0749. The number of carbonyl (C=O) groups excluding carboxylic acids is 1. The fourth-order valence-electron chi connectivity index (χ4n) is 2.25. The number of urea groups is 1. The van der Waals surface area contributed by atoms with Gasteiger partial charge in [0, 0.05) is 30.0 Å². The summed E-state index contributed by atoms with van der Waals surface area (Å²) < 4.78 is 1.50. The molecule has 0 spiro atoms. The van der Waals surface area contributed by atoms with E-state index in [9.17, 15) is 9.59 Å². The molecule has 23 heavy (non-hydrogen) atoms. The molecular weight excluding hydrogens is 292 g/mol. The van der Waals surface area contributed by atoms with Crippen LogP contribution in [0.3, 0.4) is 0 Å². The summed E-state index contributed by atoms with van der Waals surface area (Å²) in [6.07, 6.45) is 1.51. The van der Waals surface area contributed by atoms with Crippen molar-refractivity contribution in [3.05, 3.63) is 57.3 Å². The molecule has 2 amide bonds. The van der Waals surface area contributed by atoms with E-state index in [-0.39, 0.29) is 11.6 Å². The predicted molar refractivity (Wildman–Crippen MR) is 90.9 cm³/mol. The Morgan fingerprint density at radius 1 is 1.22 bits per heavy atom. The normalized spacial score (nSPS) is 10.4. The van der Waals surface area contributed by atoms with Gasteiger partial charge in [-0.1, -0.05) is 17.7 Å². The first-order valence-electron chi connectivity index (χ1n) is 7.53. The second-order valence-corrected chi connectivity index (χ2v) is 5.65. The van der Waals surface area contributed by atoms with Gasteiger partial charge in [0.05, 0.1) is 6.33 Å². The average Bonchev–Trinajstić information content (AvgIpc) is 2.50. The number of benzene rings is 1. The first-order chi connectivity index (χ1) is 10.9. The minimum atomic E-state index is -0.290. The predicted octanol–water partition coefficient (Wildman–Crippen LogP) is 2.30. The summed E-state index contributed by atoms with van der Waals surface area (Å²) in [7, 11) is 0. The maximum Gasteiger partial charge on any atom is 0.319 e. The van der Waals surface area contributed by atoms with Crippen molar-refractivity contribution in [2.45, 2.75) is 34.2 Å². The number of nitrogens with zero attached hydrogens (tertiary/aromatic N) is 2. The van der Waals surface area contributed by atoms with Gasteiger partial charge in [0.25, 0.3) is 5.56 Å². The van der Waals surface area contributed by atoms with Crippen molar-refractivity contribution < 1.29 is 4.79 Å². The van der Waals surface area contributed by atoms with Crippen LogP contribution in [0.4, 0.5) is 10.5 Å². The summed E-state index contributed by atoms with van der Waals surface area (Å²) in [5, 5.41) is 5.55. The third-order valence-electron chi connectivity index (χ3n) is 3.78. The van der Waals surface area contributed by atoms with Gasteiger partial charge in [0.1, 0.15) is 0 Å². The van der Waals surface area contributed by atoms with Crippen LogP contribution in [-0.2, 0) is 6.54 Å². The second kappa shape index (κ2) is 7.09. The molecule has 0 aliphatic heterocycles. The van der Waals surface area contributed by atoms with E-state index in [1.807, 2.05) is 32.0 Å². The van der Waals surface area contributed by atoms with Gasteiger partial charge in [-0.3, -0.25) is 9.36 Å². The zero-order valence-electron chi connectivity index (χ0n) is 13.9. The molecule has 0 unspecified atom stereocenters. The number of hydrogen-bond acceptors (Lipinski definition) is 3. The SMILES string of the molecule is Cc1ccc(NC(=O)NCCn2cnc(C)c(C)c2=O)c(C)c1. The van der Waals surface area contributed by atoms with Crippen LogP contribution in [0, 0.1) is 27.7 Å². The average molecular weight is 314 g/mol. The number of amides is 2. The molecule has 1 aromatic heterocycles. The molecule has 0 radical (unpaired) electrons. The van der Waals surface area contributed by atoms with E-state index < -0.39 is 0 Å². The van der Waals surface area contributed by atoms with Crippen LogP contribution >= 0.6 is 0 Å². The number of aromatic nitrogens is 2. The van der Waals surface area contributed by atoms with Crippen molar-refractivity contribution in [1.29, 1.82) is 0 Å². The molecule has 2 rings (SSSR count). The zero-order chi connectivity index (χ0) is 17.0. The summed E-state index contributed by atoms with van der Waals surface area (Å²) in [6.45, 7) is 8.24. The third kappa shape index (κ3) is 4.18. The molecule has 1 aromatic carbocycles. The van der Waals surface area contributed by atoms with Crippen LogP contribution in [0.5, 0.6) is 0 Å². The van der Waals surface area contributed by atoms with E-state index in [0.717, 1.165) is 22.5 Å². The van der Waals surface area contributed by atoms with Crippen molar-refractivity contribution in [2.24, 2.45) is 0 Å². The van der Waals surface area contributed by atoms with Gasteiger partial charge < -0.3 is 10.6 Å². The Balaban J connectivity index is 1.90. The van der Waals surface area contributed by atoms with E-state index in [1.165, 1.54) is 10.9 Å². The summed E-state index contributed by atoms with van der Waals surface area (Å²) in [6, 6.07) is 5.54. The third-order valence-corrected chi connectivity index (χ3v) is 3.78. The largest absolute Gasteiger partial charge is 0.336 e. The van der Waals surface area contributed by atoms with Gasteiger partial charge >= 0.3 is 6.03 Å². The molecule has 6 nitrogen and oxygen atoms in total. The van der Waals surface area contributed by atoms with E-state index in [4.69, 9.17) is 0 Å². The van der Waals surface area contributed by atoms with Crippen molar-refractivity contribution in [3.63, 3.8) is 0 Å². The molecule has 122 valence electrons. The van der Waals surface area contributed by atoms with Crippen LogP contribution in [0.25, 0.3) is 0 Å². The number of carbonyl (C=O) groups is 1. The molecule has 2 N–H and O–H groups in total. The fourth-order valence-corrected chi connectivity index (χ4v) is 2.25. The standard InChI is InChI=1S/C17H22N4O2/c1-11-5-6-15(12(2)9-11)20-17(23)18-7-8-21-10-19-14(4)13(3)16(21)22/h5-6,9-10H,7-8H2,1-4H3,(H2,18,20,23). The maximum atomic E-state index is 12.0. The molecule has 0 fully saturated rings. The van der Waals surface area contributed by atoms with Gasteiger partial charge in [-0.15, -0.1) is 0 Å². The molecule has 0 bridgehead atoms. The van der Waals surface area contributed by atoms with Crippen molar-refractivity contribution in [1.82, 2.24) is 14.9 Å². The highest BCUT2D eigenvalue weighted by Crippen LogP contribution is 2.15. The molecule has 0 aliphatic rings. The summed E-state index contributed by atoms with van der Waals surface area (Å²) in [4.78, 5) is 28.1. The number of hydrogen-bond donors (Lipinski definition) is 2. The number of nitrogens with one attached hydrogen (secondary N) is 2. The van der Waals surface area contributed by atoms with Gasteiger partial charge in [-0.2, -0.15) is 0 Å². The Morgan fingerprint density at radius 2 is 1.96 bits per heavy atom. The highest BCUT2D eigenvalue weighted by atomic mass is 16.2. The van der Waals surface area contributed by atoms with Crippen LogP contribution in [0.15, 0.2) is 29.3 Å². The quantitative estimate of drug-likeness (QED) is 0.909. The Morgan fingerprint density at radius 3 is 2.65 bits per heavy atom. The Labute approximate surface area is 135 Å². The van der Waals surface area contributed by atoms with Crippen LogP contribution in [0.2, 0.25) is 0 Å². The second-order valence-electron chi connectivity index (χ2n) is 5.65. The molecule has 0 saturated carbocycles. The van der Waals surface area contributed by atoms with Crippen LogP contribution in [-0.4, -0.2) is 22.1 Å². The van der Waals surface area contributed by atoms with Gasteiger partial charge in [-0.25, -0.2) is 9.78 Å². The maximum absolute atomic E-state index is 12.0. The first-order valence-corrected chi connectivity index (χ1v) is 7.53. The molecule has 0 atom stereocenters. The first kappa shape index (κ1) is 16.7. The Bertz CT molecular complexity index is 781. The molecule has 1 heterocycles. The van der Waals surface area contributed by atoms with E-state index in [1.54, 1.807) is 13.8 Å². The highest BCUT2D eigenvalue weighted by molar-refractivity contribution is 5.90. The zero-order valence-corrected chi connectivity index (χ0v) is 13.9. The lowest BCUT2D eigenvalue weighted by molar-refractivity contribution is 0.251. The molecule has 2 aromatic rings. The van der Waals surface area contributed by atoms with Crippen molar-refractivity contribution in [2.75, 3.05) is 11.9 Å². The van der Waals surface area contributed by atoms with Crippen LogP contribution in [0.1, 0.15) is 22.4 Å². The van der Waals surface area contributed by atoms with Crippen molar-refractivity contribution in [3.8, 4) is 0 Å². The van der Waals surface area contributed by atoms with Gasteiger partial charge in [0.2, 0.25) is 0 Å². The topological polar surface area (TPSA) is 76.0 Å². The van der Waals surface area contributed by atoms with E-state index in [2.05, 4.69) is 15.6 Å². The lowest BCUT2D eigenvalue weighted by Crippen LogP contribution is -2.34. The summed E-state index contributed by atoms with van der Waals surface area (Å²) in [5.74, 6) is 0. The van der Waals surface area contributed by atoms with E-state index in [0.29, 0.717) is 18.7 Å². The van der Waals surface area contributed by atoms with E-state index >= 15 is 0 Å². The monoisotopic (exact) mass is 314 g/mol. The lowest BCUT2D eigenvalue weighted by Gasteiger charge is -2.11. The highest BCUT2D eigenvalue weighted by Gasteiger charge is 2.06. The Hall–Kier alpha value is -2.63. The number of aryl methyl sites for hydroxylation is 3. The number of anilines is 1. The Kier molecular flexibility index (Phi) is 5.16. The van der Waals surface area contributed by atoms with Crippen LogP contribution < -0.4 is 16.2 Å². The minimum Gasteiger partial charge on any atom is -0.336 e. The lowest BCUT2D eigenvalue weighted by atomic mass is 10.1. The molecule has 0 saturated heterocycles. The summed E-state index contributed by atoms with van der Waals surface area (Å²) in [5.41, 5.74) is 4.22. The van der Waals surface area contributed by atoms with Gasteiger partial charge in [0.15, 0.2) is 0 Å². The summed E-state index contributed by atoms with van der Waals surface area (Å²) >= 11 is 0. The fraction of sp³-hybridized carbons (Fsp3) is 0.353. The smallest absolute Gasteiger partial charge is 0.319 e. The van der Waals surface area contributed by atoms with Gasteiger partial charge in [-0.05, 0) is 39.3 Å². The number of rotatable bonds is 4. The van der Waals surface area contributed by atoms with Crippen molar-refractivity contribution >= 4 is 11.7 Å². The molecular formula is C17H22N4O2. The molecule has 0 aliphatic carbocycles. The molecule has 6 heteroatoms.